The van der Waals surface area contributed by atoms with Gasteiger partial charge in [-0.2, -0.15) is 0 Å². The Labute approximate surface area is 81.9 Å². The number of carbonyl (C=O) groups is 1. The van der Waals surface area contributed by atoms with Crippen molar-refractivity contribution in [2.75, 3.05) is 0 Å². The Morgan fingerprint density at radius 1 is 1.00 bits per heavy atom. The topological polar surface area (TPSA) is 43.1 Å². The molecular formula is C11H23NO. The van der Waals surface area contributed by atoms with Crippen LogP contribution in [0.4, 0.5) is 0 Å². The lowest BCUT2D eigenvalue weighted by Crippen LogP contribution is -2.36. The van der Waals surface area contributed by atoms with Crippen LogP contribution in [0.5, 0.6) is 0 Å². The summed E-state index contributed by atoms with van der Waals surface area (Å²) in [4.78, 5) is 11.4. The Bertz CT molecular complexity index is 137. The Kier molecular flexibility index (Phi) is 5.76. The van der Waals surface area contributed by atoms with Gasteiger partial charge in [0.1, 0.15) is 0 Å². The lowest BCUT2D eigenvalue weighted by atomic mass is 9.75. The van der Waals surface area contributed by atoms with Crippen molar-refractivity contribution in [2.45, 2.75) is 59.3 Å². The van der Waals surface area contributed by atoms with Gasteiger partial charge in [-0.05, 0) is 19.3 Å². The van der Waals surface area contributed by atoms with Gasteiger partial charge in [-0.1, -0.05) is 40.0 Å². The van der Waals surface area contributed by atoms with Crippen LogP contribution in [-0.4, -0.2) is 5.91 Å². The van der Waals surface area contributed by atoms with Gasteiger partial charge in [-0.3, -0.25) is 4.79 Å². The highest BCUT2D eigenvalue weighted by atomic mass is 16.1. The molecule has 0 aromatic heterocycles. The van der Waals surface area contributed by atoms with Crippen LogP contribution in [0.1, 0.15) is 59.3 Å². The van der Waals surface area contributed by atoms with Crippen molar-refractivity contribution in [3.8, 4) is 0 Å². The Morgan fingerprint density at radius 3 is 1.46 bits per heavy atom. The van der Waals surface area contributed by atoms with Crippen LogP contribution in [0.2, 0.25) is 0 Å². The van der Waals surface area contributed by atoms with E-state index in [1.165, 1.54) is 0 Å². The first kappa shape index (κ1) is 12.5. The summed E-state index contributed by atoms with van der Waals surface area (Å²) in [5, 5.41) is 0. The zero-order valence-electron chi connectivity index (χ0n) is 9.23. The second kappa shape index (κ2) is 6.01. The van der Waals surface area contributed by atoms with E-state index in [0.29, 0.717) is 0 Å². The largest absolute Gasteiger partial charge is 0.369 e. The summed E-state index contributed by atoms with van der Waals surface area (Å²) in [5.41, 5.74) is 5.28. The van der Waals surface area contributed by atoms with E-state index in [1.807, 2.05) is 0 Å². The van der Waals surface area contributed by atoms with Crippen molar-refractivity contribution in [1.82, 2.24) is 0 Å². The average molecular weight is 185 g/mol. The molecule has 2 N–H and O–H groups in total. The van der Waals surface area contributed by atoms with E-state index in [9.17, 15) is 4.79 Å². The summed E-state index contributed by atoms with van der Waals surface area (Å²) in [6.07, 6.45) is 5.98. The minimum absolute atomic E-state index is 0.0990. The van der Waals surface area contributed by atoms with Gasteiger partial charge >= 0.3 is 0 Å². The van der Waals surface area contributed by atoms with Crippen molar-refractivity contribution < 1.29 is 4.79 Å². The van der Waals surface area contributed by atoms with Crippen molar-refractivity contribution in [3.63, 3.8) is 0 Å². The first-order valence-corrected chi connectivity index (χ1v) is 5.42. The third-order valence-corrected chi connectivity index (χ3v) is 2.71. The minimum atomic E-state index is -0.210. The van der Waals surface area contributed by atoms with E-state index in [1.54, 1.807) is 0 Å². The third kappa shape index (κ3) is 3.37. The second-order valence-electron chi connectivity index (χ2n) is 3.89. The van der Waals surface area contributed by atoms with E-state index < -0.39 is 0 Å². The fourth-order valence-electron chi connectivity index (χ4n) is 2.18. The highest BCUT2D eigenvalue weighted by molar-refractivity contribution is 5.80. The van der Waals surface area contributed by atoms with Crippen LogP contribution < -0.4 is 5.73 Å². The number of hydrogen-bond acceptors (Lipinski definition) is 1. The van der Waals surface area contributed by atoms with Gasteiger partial charge < -0.3 is 5.73 Å². The van der Waals surface area contributed by atoms with Crippen LogP contribution in [0.3, 0.4) is 0 Å². The molecule has 0 aromatic rings. The molecule has 0 atom stereocenters. The predicted molar refractivity (Wildman–Crippen MR) is 56.4 cm³/mol. The SMILES string of the molecule is CCCC(CCC)(CCC)C(N)=O. The molecule has 0 aliphatic heterocycles. The fraction of sp³-hybridized carbons (Fsp3) is 0.909. The molecule has 0 heterocycles. The van der Waals surface area contributed by atoms with Crippen molar-refractivity contribution in [3.05, 3.63) is 0 Å². The molecule has 0 spiro atoms. The molecule has 2 heteroatoms. The molecule has 78 valence electrons. The molecule has 0 saturated carbocycles. The van der Waals surface area contributed by atoms with Gasteiger partial charge in [0.05, 0.1) is 0 Å². The van der Waals surface area contributed by atoms with E-state index >= 15 is 0 Å². The average Bonchev–Trinajstić information content (AvgIpc) is 2.05. The maximum atomic E-state index is 11.4. The highest BCUT2D eigenvalue weighted by Crippen LogP contribution is 2.34. The fourth-order valence-corrected chi connectivity index (χ4v) is 2.18. The first-order chi connectivity index (χ1) is 6.13. The Balaban J connectivity index is 4.48. The molecule has 0 aromatic carbocycles. The summed E-state index contributed by atoms with van der Waals surface area (Å²) in [7, 11) is 0. The normalized spacial score (nSPS) is 11.6. The number of nitrogens with two attached hydrogens (primary N) is 1. The molecular weight excluding hydrogens is 162 g/mol. The number of primary amides is 1. The quantitative estimate of drug-likeness (QED) is 0.651. The maximum absolute atomic E-state index is 11.4. The Hall–Kier alpha value is -0.530. The molecule has 1 amide bonds. The van der Waals surface area contributed by atoms with Gasteiger partial charge in [0, 0.05) is 5.41 Å². The van der Waals surface area contributed by atoms with Gasteiger partial charge in [0.15, 0.2) is 0 Å². The zero-order chi connectivity index (χ0) is 10.3. The van der Waals surface area contributed by atoms with Gasteiger partial charge in [-0.25, -0.2) is 0 Å². The van der Waals surface area contributed by atoms with Gasteiger partial charge in [0.2, 0.25) is 5.91 Å². The van der Waals surface area contributed by atoms with Crippen LogP contribution in [0.15, 0.2) is 0 Å². The summed E-state index contributed by atoms with van der Waals surface area (Å²) in [5.74, 6) is -0.0990. The Morgan fingerprint density at radius 2 is 1.31 bits per heavy atom. The summed E-state index contributed by atoms with van der Waals surface area (Å²) in [6, 6.07) is 0. The molecule has 0 aliphatic rings. The number of hydrogen-bond donors (Lipinski definition) is 1. The lowest BCUT2D eigenvalue weighted by molar-refractivity contribution is -0.129. The standard InChI is InChI=1S/C11H23NO/c1-4-7-11(8-5-2,9-6-3)10(12)13/h4-9H2,1-3H3,(H2,12,13). The molecule has 0 aliphatic carbocycles. The van der Waals surface area contributed by atoms with Crippen molar-refractivity contribution in [2.24, 2.45) is 11.1 Å². The van der Waals surface area contributed by atoms with Crippen LogP contribution in [0, 0.1) is 5.41 Å². The zero-order valence-corrected chi connectivity index (χ0v) is 9.23. The summed E-state index contributed by atoms with van der Waals surface area (Å²) >= 11 is 0. The van der Waals surface area contributed by atoms with E-state index in [0.717, 1.165) is 38.5 Å². The van der Waals surface area contributed by atoms with Crippen LogP contribution in [-0.2, 0) is 4.79 Å². The second-order valence-corrected chi connectivity index (χ2v) is 3.89. The van der Waals surface area contributed by atoms with E-state index in [4.69, 9.17) is 5.73 Å². The first-order valence-electron chi connectivity index (χ1n) is 5.42. The predicted octanol–water partition coefficient (Wildman–Crippen LogP) is 2.86. The molecule has 0 unspecified atom stereocenters. The molecule has 2 nitrogen and oxygen atoms in total. The number of carbonyl (C=O) groups excluding carboxylic acids is 1. The molecule has 0 rings (SSSR count). The van der Waals surface area contributed by atoms with Crippen LogP contribution in [0.25, 0.3) is 0 Å². The van der Waals surface area contributed by atoms with Gasteiger partial charge in [-0.15, -0.1) is 0 Å². The minimum Gasteiger partial charge on any atom is -0.369 e. The molecule has 0 radical (unpaired) electrons. The molecule has 0 fully saturated rings. The van der Waals surface area contributed by atoms with E-state index in [2.05, 4.69) is 20.8 Å². The van der Waals surface area contributed by atoms with Crippen molar-refractivity contribution >= 4 is 5.91 Å². The highest BCUT2D eigenvalue weighted by Gasteiger charge is 2.33. The smallest absolute Gasteiger partial charge is 0.223 e. The number of rotatable bonds is 7. The van der Waals surface area contributed by atoms with Gasteiger partial charge in [0.25, 0.3) is 0 Å². The maximum Gasteiger partial charge on any atom is 0.223 e. The monoisotopic (exact) mass is 185 g/mol. The molecule has 13 heavy (non-hydrogen) atoms. The van der Waals surface area contributed by atoms with Crippen LogP contribution >= 0.6 is 0 Å². The molecule has 0 bridgehead atoms. The summed E-state index contributed by atoms with van der Waals surface area (Å²) in [6.45, 7) is 6.34. The third-order valence-electron chi connectivity index (χ3n) is 2.71. The molecule has 0 saturated heterocycles. The summed E-state index contributed by atoms with van der Waals surface area (Å²) < 4.78 is 0. The van der Waals surface area contributed by atoms with E-state index in [-0.39, 0.29) is 11.3 Å². The number of amides is 1. The lowest BCUT2D eigenvalue weighted by Gasteiger charge is -2.29. The van der Waals surface area contributed by atoms with Crippen molar-refractivity contribution in [1.29, 1.82) is 0 Å².